The fraction of sp³-hybridized carbons (Fsp3) is 0.410. The lowest BCUT2D eigenvalue weighted by molar-refractivity contribution is -0.147. The molecule has 102 heavy (non-hydrogen) atoms. The molecule has 4 aromatic heterocycles. The molecule has 12 rings (SSSR count). The molecule has 3 N–H and O–H groups in total. The van der Waals surface area contributed by atoms with E-state index in [1.807, 2.05) is 0 Å². The smallest absolute Gasteiger partial charge is 0.308 e. The lowest BCUT2D eigenvalue weighted by Gasteiger charge is -2.31. The molecule has 0 amide bonds. The number of fused-ring (bicyclic) bond motifs is 16. The Bertz CT molecular complexity index is 5740. The Morgan fingerprint density at radius 3 is 1.45 bits per heavy atom. The maximum Gasteiger partial charge on any atom is 0.308 e. The van der Waals surface area contributed by atoms with Crippen LogP contribution in [0.5, 0.6) is 23.0 Å². The van der Waals surface area contributed by atoms with Gasteiger partial charge in [0.15, 0.2) is 66.1 Å². The van der Waals surface area contributed by atoms with Gasteiger partial charge in [-0.15, -0.1) is 0 Å². The fourth-order valence-electron chi connectivity index (χ4n) is 13.2. The second kappa shape index (κ2) is 29.3. The molecule has 0 radical (unpaired) electrons. The van der Waals surface area contributed by atoms with E-state index in [0.29, 0.717) is 27.4 Å². The van der Waals surface area contributed by atoms with Crippen molar-refractivity contribution in [2.45, 2.75) is 137 Å². The van der Waals surface area contributed by atoms with Crippen molar-refractivity contribution in [2.24, 2.45) is 36.8 Å². The van der Waals surface area contributed by atoms with Gasteiger partial charge in [0, 0.05) is 96.2 Å². The van der Waals surface area contributed by atoms with Crippen molar-refractivity contribution in [1.82, 2.24) is 39.5 Å². The number of aromatic nitrogens is 8. The first-order valence-corrected chi connectivity index (χ1v) is 36.6. The third-order valence-electron chi connectivity index (χ3n) is 18.4. The Balaban J connectivity index is 0.000000235. The molecule has 0 saturated carbocycles. The molecule has 0 saturated heterocycles. The SMILES string of the molecule is [2H]C([2H])([2H])C1(c2cccc(CC(C)C(=O)O)c2)CCCC(C([2H])([2H])[2H])(C([2H])([2H])[2H])CS(=O)(=O)CCc2c(c(F)cc3[nH]ccc23)Oc2ccc(F)c(c2)-c2nc1nn2C.[2H]C([2H])([2H])C1(c2cccc(CC(C)C(=O)OCC)c2)CCCC(C([2H])([2H])[2H])(C([2H])([2H])[2H])CS(=O)(=O)CCc2c(c(F)cc3[nH]ccc23)Oc2ccc(F)c(c2)-c2nc1nn2C. The number of aromatic amines is 2. The summed E-state index contributed by atoms with van der Waals surface area (Å²) >= 11 is 0. The van der Waals surface area contributed by atoms with Gasteiger partial charge in [-0.3, -0.25) is 9.59 Å². The summed E-state index contributed by atoms with van der Waals surface area (Å²) in [4.78, 5) is 39.3. The predicted molar refractivity (Wildman–Crippen MR) is 385 cm³/mol. The number of hydrogen-bond donors (Lipinski definition) is 3. The Hall–Kier alpha value is -9.16. The van der Waals surface area contributed by atoms with E-state index in [2.05, 4.69) is 30.1 Å². The molecule has 0 spiro atoms. The Morgan fingerprint density at radius 2 is 1.04 bits per heavy atom. The van der Waals surface area contributed by atoms with Crippen LogP contribution in [-0.2, 0) is 84.6 Å². The summed E-state index contributed by atoms with van der Waals surface area (Å²) in [6.45, 7) is -14.9. The number of esters is 1. The van der Waals surface area contributed by atoms with Gasteiger partial charge in [-0.2, -0.15) is 10.2 Å². The van der Waals surface area contributed by atoms with Crippen LogP contribution in [0.25, 0.3) is 44.6 Å². The minimum absolute atomic E-state index is 0.0163. The van der Waals surface area contributed by atoms with Gasteiger partial charge in [0.25, 0.3) is 0 Å². The van der Waals surface area contributed by atoms with E-state index >= 15 is 17.6 Å². The number of sulfone groups is 2. The van der Waals surface area contributed by atoms with Gasteiger partial charge in [0.05, 0.1) is 63.4 Å². The van der Waals surface area contributed by atoms with Gasteiger partial charge in [0.2, 0.25) is 0 Å². The molecule has 10 aromatic rings. The number of carbonyl (C=O) groups excluding carboxylic acids is 1. The van der Waals surface area contributed by atoms with Crippen LogP contribution < -0.4 is 9.47 Å². The number of nitrogens with one attached hydrogen (secondary N) is 2. The molecule has 2 aliphatic heterocycles. The lowest BCUT2D eigenvalue weighted by Crippen LogP contribution is -2.29. The summed E-state index contributed by atoms with van der Waals surface area (Å²) in [6.07, 6.45) is -1.48. The number of aryl methyl sites for hydroxylation is 4. The number of ether oxygens (including phenoxy) is 3. The monoisotopic (exact) mass is 1450 g/mol. The van der Waals surface area contributed by atoms with Gasteiger partial charge in [-0.25, -0.2) is 53.7 Å². The highest BCUT2D eigenvalue weighted by atomic mass is 32.2. The minimum atomic E-state index is -4.62. The third kappa shape index (κ3) is 16.3. The molecular formula is C78H88F4N8O10S2. The molecular weight excluding hydrogens is 1350 g/mol. The van der Waals surface area contributed by atoms with E-state index in [1.165, 1.54) is 88.0 Å². The van der Waals surface area contributed by atoms with Crippen LogP contribution in [0.3, 0.4) is 0 Å². The number of rotatable bonds is 9. The molecule has 2 aliphatic rings. The molecule has 0 aliphatic carbocycles. The van der Waals surface area contributed by atoms with Crippen LogP contribution in [0.15, 0.2) is 122 Å². The van der Waals surface area contributed by atoms with Gasteiger partial charge in [0.1, 0.15) is 23.1 Å². The highest BCUT2D eigenvalue weighted by Crippen LogP contribution is 2.44. The molecule has 0 fully saturated rings. The molecule has 540 valence electrons. The van der Waals surface area contributed by atoms with Crippen LogP contribution in [0, 0.1) is 45.9 Å². The summed E-state index contributed by atoms with van der Waals surface area (Å²) < 4.78 is 296. The average Bonchev–Trinajstić information content (AvgIpc) is 1.49. The Labute approximate surface area is 617 Å². The largest absolute Gasteiger partial charge is 0.481 e. The van der Waals surface area contributed by atoms with Crippen molar-refractivity contribution in [1.29, 1.82) is 0 Å². The number of benzene rings is 6. The van der Waals surface area contributed by atoms with Gasteiger partial charge < -0.3 is 29.3 Å². The summed E-state index contributed by atoms with van der Waals surface area (Å²) in [6, 6.07) is 24.6. The second-order valence-electron chi connectivity index (χ2n) is 26.5. The number of halogens is 4. The first-order chi connectivity index (χ1) is 55.6. The Morgan fingerprint density at radius 1 is 0.598 bits per heavy atom. The van der Waals surface area contributed by atoms with Crippen molar-refractivity contribution in [2.75, 3.05) is 29.6 Å². The highest BCUT2D eigenvalue weighted by molar-refractivity contribution is 7.91. The van der Waals surface area contributed by atoms with E-state index in [1.54, 1.807) is 44.2 Å². The number of carboxylic acid groups (broad SMARTS) is 1. The van der Waals surface area contributed by atoms with Gasteiger partial charge in [-0.1, -0.05) is 103 Å². The normalized spacial score (nSPS) is 23.1. The number of carbonyl (C=O) groups is 2. The summed E-state index contributed by atoms with van der Waals surface area (Å²) in [7, 11) is -6.45. The van der Waals surface area contributed by atoms with Crippen LogP contribution in [0.2, 0.25) is 0 Å². The maximum atomic E-state index is 15.9. The molecule has 4 unspecified atom stereocenters. The molecule has 24 heteroatoms. The van der Waals surface area contributed by atoms with Crippen LogP contribution in [0.1, 0.15) is 170 Å². The standard InChI is InChI=1S/C40H46F2N4O5S.C38H42F2N4O5S/c1-7-50-37(47)25(2)20-26-10-8-11-27(21-26)40(5)17-9-16-39(3,4)24-52(48,49)19-15-30-29-14-18-43-34(29)23-33(42)35(30)51-28-12-13-32(41)31(22-28)36-44-38(40)45-46(36)6;1-23(35(45)46)18-24-8-6-9-25(19-24)38(4)15-7-14-37(2,3)22-50(47,48)17-13-28-27-12-16-41-32(27)21-31(40)33(28)49-26-10-11-30(39)29(20-26)34-42-36(38)43-44(34)5/h8,10-14,18,21-23,25,43H,7,9,15-17,19-20,24H2,1-6H3;6,8-12,16,19-21,23,41H,7,13-15,17-18,22H2,1-5H3,(H,45,46)/i3D3,4D3,5D3;2D3,3D3,4D3. The van der Waals surface area contributed by atoms with E-state index < -0.39 is 221 Å². The van der Waals surface area contributed by atoms with Crippen molar-refractivity contribution >= 4 is 53.4 Å². The van der Waals surface area contributed by atoms with Crippen molar-refractivity contribution < 1.29 is 88.0 Å². The summed E-state index contributed by atoms with van der Waals surface area (Å²) in [5.74, 6) is -13.1. The first-order valence-electron chi connectivity index (χ1n) is 42.0. The predicted octanol–water partition coefficient (Wildman–Crippen LogP) is 16.0. The molecule has 6 heterocycles. The van der Waals surface area contributed by atoms with Gasteiger partial charge >= 0.3 is 11.9 Å². The third-order valence-corrected chi connectivity index (χ3v) is 21.9. The zero-order valence-corrected chi connectivity index (χ0v) is 58.1. The lowest BCUT2D eigenvalue weighted by atomic mass is 9.75. The van der Waals surface area contributed by atoms with Crippen molar-refractivity contribution in [3.8, 4) is 45.8 Å². The number of aliphatic carboxylic acids is 1. The quantitative estimate of drug-likeness (QED) is 0.0899. The van der Waals surface area contributed by atoms with E-state index in [0.717, 1.165) is 33.6 Å². The van der Waals surface area contributed by atoms with Crippen molar-refractivity contribution in [3.63, 3.8) is 0 Å². The Kier molecular flexibility index (Phi) is 15.4. The van der Waals surface area contributed by atoms with E-state index in [9.17, 15) is 31.5 Å². The van der Waals surface area contributed by atoms with Crippen molar-refractivity contribution in [3.05, 3.63) is 190 Å². The van der Waals surface area contributed by atoms with Crippen LogP contribution in [-0.4, -0.2) is 103 Å². The number of H-pyrrole nitrogens is 2. The zero-order chi connectivity index (χ0) is 88.4. The first kappa shape index (κ1) is 53.6. The van der Waals surface area contributed by atoms with E-state index in [4.69, 9.17) is 38.9 Å². The highest BCUT2D eigenvalue weighted by Gasteiger charge is 2.39. The average molecular weight is 1460 g/mol. The minimum Gasteiger partial charge on any atom is -0.481 e. The van der Waals surface area contributed by atoms with Crippen LogP contribution >= 0.6 is 0 Å². The van der Waals surface area contributed by atoms with Crippen LogP contribution in [0.4, 0.5) is 17.6 Å². The molecule has 18 nitrogen and oxygen atoms in total. The summed E-state index contributed by atoms with van der Waals surface area (Å²) in [5.41, 5.74) is -9.02. The topological polar surface area (TPSA) is 243 Å². The van der Waals surface area contributed by atoms with E-state index in [-0.39, 0.29) is 87.3 Å². The zero-order valence-electron chi connectivity index (χ0n) is 74.4. The maximum absolute atomic E-state index is 15.9. The number of carboxylic acids is 1. The number of nitrogens with zero attached hydrogens (tertiary/aromatic N) is 6. The number of hydrogen-bond acceptors (Lipinski definition) is 13. The fourth-order valence-corrected chi connectivity index (χ4v) is 16.3. The summed E-state index contributed by atoms with van der Waals surface area (Å²) in [5, 5.41) is 19.4. The molecule has 6 aromatic carbocycles. The second-order valence-corrected chi connectivity index (χ2v) is 30.9. The van der Waals surface area contributed by atoms with Gasteiger partial charge in [-0.05, 0) is 154 Å². The molecule has 8 bridgehead atoms. The molecule has 4 atom stereocenters.